The number of fused-ring (bicyclic) bond motifs is 2. The van der Waals surface area contributed by atoms with Gasteiger partial charge in [0.1, 0.15) is 12.1 Å². The highest BCUT2D eigenvalue weighted by atomic mass is 16.5. The van der Waals surface area contributed by atoms with E-state index in [2.05, 4.69) is 35.3 Å². The van der Waals surface area contributed by atoms with Crippen LogP contribution in [0.1, 0.15) is 31.9 Å². The Morgan fingerprint density at radius 1 is 1.23 bits per heavy atom. The number of carbonyl (C=O) groups excluding carboxylic acids is 1. The van der Waals surface area contributed by atoms with Crippen molar-refractivity contribution in [3.8, 4) is 11.5 Å². The summed E-state index contributed by atoms with van der Waals surface area (Å²) in [6, 6.07) is 5.44. The average Bonchev–Trinajstić information content (AvgIpc) is 3.06. The molecule has 2 atom stereocenters. The smallest absolute Gasteiger partial charge is 0.226 e. The second-order valence-corrected chi connectivity index (χ2v) is 7.42. The van der Waals surface area contributed by atoms with E-state index in [1.165, 1.54) is 6.33 Å². The predicted octanol–water partition coefficient (Wildman–Crippen LogP) is 2.81. The van der Waals surface area contributed by atoms with E-state index in [-0.39, 0.29) is 23.2 Å². The Hall–Kier alpha value is -2.83. The Bertz CT molecular complexity index is 900. The van der Waals surface area contributed by atoms with Gasteiger partial charge in [-0.3, -0.25) is 4.79 Å². The van der Waals surface area contributed by atoms with E-state index in [0.29, 0.717) is 23.9 Å². The lowest BCUT2D eigenvalue weighted by Gasteiger charge is -2.40. The maximum absolute atomic E-state index is 13.0. The first kappa shape index (κ1) is 16.6. The second-order valence-electron chi connectivity index (χ2n) is 7.42. The van der Waals surface area contributed by atoms with Gasteiger partial charge in [-0.2, -0.15) is 10.1 Å². The molecular formula is C19H22N4O3. The van der Waals surface area contributed by atoms with Crippen molar-refractivity contribution in [3.05, 3.63) is 41.9 Å². The van der Waals surface area contributed by atoms with E-state index in [1.54, 1.807) is 18.9 Å². The second kappa shape index (κ2) is 5.86. The van der Waals surface area contributed by atoms with Crippen LogP contribution in [0, 0.1) is 11.3 Å². The van der Waals surface area contributed by atoms with Crippen LogP contribution in [-0.4, -0.2) is 34.8 Å². The number of ether oxygens (including phenoxy) is 2. The van der Waals surface area contributed by atoms with Gasteiger partial charge in [0.25, 0.3) is 0 Å². The lowest BCUT2D eigenvalue weighted by molar-refractivity contribution is -0.125. The van der Waals surface area contributed by atoms with Crippen molar-refractivity contribution in [2.75, 3.05) is 19.5 Å². The molecule has 2 aromatic rings. The van der Waals surface area contributed by atoms with E-state index in [1.807, 2.05) is 18.2 Å². The number of allylic oxidation sites excluding steroid dienone is 2. The highest BCUT2D eigenvalue weighted by Gasteiger charge is 2.44. The first-order valence-electron chi connectivity index (χ1n) is 8.57. The van der Waals surface area contributed by atoms with Gasteiger partial charge in [0.05, 0.1) is 26.2 Å². The summed E-state index contributed by atoms with van der Waals surface area (Å²) in [5.41, 5.74) is 1.65. The monoisotopic (exact) mass is 354 g/mol. The molecule has 136 valence electrons. The van der Waals surface area contributed by atoms with Crippen LogP contribution in [0.3, 0.4) is 0 Å². The summed E-state index contributed by atoms with van der Waals surface area (Å²) >= 11 is 0. The maximum Gasteiger partial charge on any atom is 0.226 e. The highest BCUT2D eigenvalue weighted by molar-refractivity contribution is 5.88. The van der Waals surface area contributed by atoms with Crippen LogP contribution in [0.5, 0.6) is 11.5 Å². The number of ketones is 1. The summed E-state index contributed by atoms with van der Waals surface area (Å²) in [5, 5.41) is 7.66. The number of methoxy groups -OCH3 is 2. The minimum absolute atomic E-state index is 0.180. The Morgan fingerprint density at radius 2 is 2.00 bits per heavy atom. The molecule has 1 aromatic heterocycles. The topological polar surface area (TPSA) is 78.3 Å². The summed E-state index contributed by atoms with van der Waals surface area (Å²) in [4.78, 5) is 17.3. The number of nitrogens with zero attached hydrogens (tertiary/aromatic N) is 3. The van der Waals surface area contributed by atoms with Crippen LogP contribution in [0.2, 0.25) is 0 Å². The molecule has 7 heteroatoms. The number of nitrogens with one attached hydrogen (secondary N) is 1. The fourth-order valence-corrected chi connectivity index (χ4v) is 3.94. The van der Waals surface area contributed by atoms with Crippen molar-refractivity contribution >= 4 is 11.7 Å². The fourth-order valence-electron chi connectivity index (χ4n) is 3.94. The van der Waals surface area contributed by atoms with Gasteiger partial charge >= 0.3 is 0 Å². The SMILES string of the molecule is COc1ccc(C2C3C(=O)CC(C)(C)C=C3Nc3ncnn32)cc1OC. The molecule has 0 bridgehead atoms. The number of hydrogen-bond donors (Lipinski definition) is 1. The lowest BCUT2D eigenvalue weighted by Crippen LogP contribution is -2.42. The lowest BCUT2D eigenvalue weighted by atomic mass is 9.72. The van der Waals surface area contributed by atoms with E-state index in [0.717, 1.165) is 11.3 Å². The molecule has 1 N–H and O–H groups in total. The summed E-state index contributed by atoms with van der Waals surface area (Å²) in [6.07, 6.45) is 4.14. The van der Waals surface area contributed by atoms with E-state index < -0.39 is 0 Å². The first-order valence-corrected chi connectivity index (χ1v) is 8.57. The van der Waals surface area contributed by atoms with Crippen molar-refractivity contribution < 1.29 is 14.3 Å². The van der Waals surface area contributed by atoms with Crippen molar-refractivity contribution in [2.24, 2.45) is 11.3 Å². The normalized spacial score (nSPS) is 23.4. The third-order valence-electron chi connectivity index (χ3n) is 5.02. The maximum atomic E-state index is 13.0. The molecule has 2 unspecified atom stereocenters. The number of rotatable bonds is 3. The van der Waals surface area contributed by atoms with Crippen LogP contribution in [0.25, 0.3) is 0 Å². The van der Waals surface area contributed by atoms with Crippen molar-refractivity contribution in [1.82, 2.24) is 14.8 Å². The first-order chi connectivity index (χ1) is 12.4. The number of anilines is 1. The van der Waals surface area contributed by atoms with Crippen LogP contribution in [0.15, 0.2) is 36.3 Å². The van der Waals surface area contributed by atoms with Gasteiger partial charge < -0.3 is 14.8 Å². The van der Waals surface area contributed by atoms with E-state index in [9.17, 15) is 4.79 Å². The van der Waals surface area contributed by atoms with Crippen LogP contribution in [0.4, 0.5) is 5.95 Å². The van der Waals surface area contributed by atoms with Gasteiger partial charge in [-0.25, -0.2) is 4.68 Å². The van der Waals surface area contributed by atoms with Gasteiger partial charge in [0, 0.05) is 12.1 Å². The molecule has 0 radical (unpaired) electrons. The Morgan fingerprint density at radius 3 is 2.73 bits per heavy atom. The molecule has 0 amide bonds. The molecule has 1 aromatic carbocycles. The summed E-state index contributed by atoms with van der Waals surface area (Å²) < 4.78 is 12.6. The Balaban J connectivity index is 1.88. The zero-order valence-electron chi connectivity index (χ0n) is 15.3. The number of benzene rings is 1. The molecule has 1 aliphatic heterocycles. The summed E-state index contributed by atoms with van der Waals surface area (Å²) in [6.45, 7) is 4.14. The molecule has 1 aliphatic carbocycles. The zero-order chi connectivity index (χ0) is 18.5. The fraction of sp³-hybridized carbons (Fsp3) is 0.421. The predicted molar refractivity (Wildman–Crippen MR) is 96.3 cm³/mol. The molecular weight excluding hydrogens is 332 g/mol. The van der Waals surface area contributed by atoms with Crippen LogP contribution < -0.4 is 14.8 Å². The number of aromatic nitrogens is 3. The van der Waals surface area contributed by atoms with Crippen LogP contribution in [-0.2, 0) is 4.79 Å². The number of Topliss-reactive ketones (excluding diaryl/α,β-unsaturated/α-hetero) is 1. The Labute approximate surface area is 152 Å². The van der Waals surface area contributed by atoms with Gasteiger partial charge in [-0.15, -0.1) is 0 Å². The van der Waals surface area contributed by atoms with Gasteiger partial charge in [-0.05, 0) is 23.1 Å². The van der Waals surface area contributed by atoms with Crippen molar-refractivity contribution in [3.63, 3.8) is 0 Å². The van der Waals surface area contributed by atoms with Crippen LogP contribution >= 0.6 is 0 Å². The quantitative estimate of drug-likeness (QED) is 0.913. The highest BCUT2D eigenvalue weighted by Crippen LogP contribution is 2.46. The number of carbonyl (C=O) groups is 1. The molecule has 0 saturated carbocycles. The van der Waals surface area contributed by atoms with Gasteiger partial charge in [0.2, 0.25) is 5.95 Å². The molecule has 0 saturated heterocycles. The molecule has 4 rings (SSSR count). The zero-order valence-corrected chi connectivity index (χ0v) is 15.3. The Kier molecular flexibility index (Phi) is 3.75. The molecule has 0 spiro atoms. The molecule has 2 aliphatic rings. The van der Waals surface area contributed by atoms with Gasteiger partial charge in [0.15, 0.2) is 11.5 Å². The number of hydrogen-bond acceptors (Lipinski definition) is 6. The third-order valence-corrected chi connectivity index (χ3v) is 5.02. The van der Waals surface area contributed by atoms with Gasteiger partial charge in [-0.1, -0.05) is 26.0 Å². The summed E-state index contributed by atoms with van der Waals surface area (Å²) in [5.74, 6) is 1.78. The largest absolute Gasteiger partial charge is 0.493 e. The summed E-state index contributed by atoms with van der Waals surface area (Å²) in [7, 11) is 3.20. The minimum Gasteiger partial charge on any atom is -0.493 e. The standard InChI is InChI=1S/C19H22N4O3/c1-19(2)8-12-16(13(24)9-19)17(23-18(22-12)20-10-21-23)11-5-6-14(25-3)15(7-11)26-4/h5-8,10,16-17H,9H2,1-4H3,(H,20,21,22). The third kappa shape index (κ3) is 2.55. The average molecular weight is 354 g/mol. The van der Waals surface area contributed by atoms with E-state index >= 15 is 0 Å². The molecule has 2 heterocycles. The van der Waals surface area contributed by atoms with Crippen molar-refractivity contribution in [1.29, 1.82) is 0 Å². The molecule has 0 fully saturated rings. The van der Waals surface area contributed by atoms with E-state index in [4.69, 9.17) is 9.47 Å². The van der Waals surface area contributed by atoms with Crippen molar-refractivity contribution in [2.45, 2.75) is 26.3 Å². The molecule has 7 nitrogen and oxygen atoms in total. The minimum atomic E-state index is -0.324. The molecule has 26 heavy (non-hydrogen) atoms.